The normalized spacial score (nSPS) is 28.1. The highest BCUT2D eigenvalue weighted by Gasteiger charge is 2.25. The molecule has 0 spiro atoms. The van der Waals surface area contributed by atoms with Gasteiger partial charge < -0.3 is 10.1 Å². The number of nitrogens with one attached hydrogen (secondary N) is 1. The van der Waals surface area contributed by atoms with Crippen molar-refractivity contribution in [3.05, 3.63) is 29.8 Å². The Morgan fingerprint density at radius 2 is 1.85 bits per heavy atom. The largest absolute Gasteiger partial charge is 0.497 e. The van der Waals surface area contributed by atoms with Gasteiger partial charge in [0.1, 0.15) is 5.75 Å². The maximum absolute atomic E-state index is 5.20. The first-order valence-electron chi connectivity index (χ1n) is 7.97. The van der Waals surface area contributed by atoms with Crippen molar-refractivity contribution >= 4 is 0 Å². The van der Waals surface area contributed by atoms with E-state index in [2.05, 4.69) is 38.2 Å². The van der Waals surface area contributed by atoms with Gasteiger partial charge in [0.15, 0.2) is 0 Å². The molecule has 112 valence electrons. The van der Waals surface area contributed by atoms with Crippen molar-refractivity contribution in [3.8, 4) is 5.75 Å². The zero-order valence-corrected chi connectivity index (χ0v) is 13.4. The standard InChI is InChI=1S/C18H29NO/c1-13-5-8-17(11-14(13)2)19-15(3)12-16-6-9-18(20-4)10-7-16/h6-7,9-10,13-15,17,19H,5,8,11-12H2,1-4H3. The summed E-state index contributed by atoms with van der Waals surface area (Å²) >= 11 is 0. The molecule has 1 N–H and O–H groups in total. The SMILES string of the molecule is COc1ccc(CC(C)NC2CCC(C)C(C)C2)cc1. The first kappa shape index (κ1) is 15.4. The second-order valence-corrected chi connectivity index (χ2v) is 6.58. The van der Waals surface area contributed by atoms with Gasteiger partial charge in [-0.3, -0.25) is 0 Å². The Morgan fingerprint density at radius 1 is 1.15 bits per heavy atom. The van der Waals surface area contributed by atoms with Crippen molar-refractivity contribution in [1.82, 2.24) is 5.32 Å². The third-order valence-corrected chi connectivity index (χ3v) is 4.82. The third kappa shape index (κ3) is 4.24. The molecule has 0 bridgehead atoms. The van der Waals surface area contributed by atoms with Crippen LogP contribution in [0.3, 0.4) is 0 Å². The quantitative estimate of drug-likeness (QED) is 0.875. The van der Waals surface area contributed by atoms with Crippen molar-refractivity contribution in [1.29, 1.82) is 0 Å². The molecule has 2 heteroatoms. The zero-order valence-electron chi connectivity index (χ0n) is 13.4. The maximum atomic E-state index is 5.20. The van der Waals surface area contributed by atoms with E-state index in [0.717, 1.165) is 24.0 Å². The first-order chi connectivity index (χ1) is 9.58. The van der Waals surface area contributed by atoms with E-state index in [0.29, 0.717) is 12.1 Å². The van der Waals surface area contributed by atoms with Gasteiger partial charge in [0.2, 0.25) is 0 Å². The van der Waals surface area contributed by atoms with Crippen molar-refractivity contribution in [2.24, 2.45) is 11.8 Å². The van der Waals surface area contributed by atoms with Crippen LogP contribution in [0.5, 0.6) is 5.75 Å². The predicted molar refractivity (Wildman–Crippen MR) is 85.3 cm³/mol. The Kier molecular flexibility index (Phi) is 5.47. The van der Waals surface area contributed by atoms with Crippen LogP contribution in [0.25, 0.3) is 0 Å². The highest BCUT2D eigenvalue weighted by Crippen LogP contribution is 2.29. The Morgan fingerprint density at radius 3 is 2.45 bits per heavy atom. The van der Waals surface area contributed by atoms with Crippen molar-refractivity contribution in [2.75, 3.05) is 7.11 Å². The van der Waals surface area contributed by atoms with Gasteiger partial charge >= 0.3 is 0 Å². The van der Waals surface area contributed by atoms with Gasteiger partial charge in [-0.15, -0.1) is 0 Å². The predicted octanol–water partition coefficient (Wildman–Crippen LogP) is 4.04. The molecule has 4 atom stereocenters. The molecular formula is C18H29NO. The second kappa shape index (κ2) is 7.12. The molecule has 1 aliphatic rings. The summed E-state index contributed by atoms with van der Waals surface area (Å²) in [7, 11) is 1.71. The minimum Gasteiger partial charge on any atom is -0.497 e. The number of ether oxygens (including phenoxy) is 1. The van der Waals surface area contributed by atoms with Crippen molar-refractivity contribution in [2.45, 2.75) is 58.5 Å². The smallest absolute Gasteiger partial charge is 0.118 e. The van der Waals surface area contributed by atoms with Crippen LogP contribution in [-0.2, 0) is 6.42 Å². The molecule has 2 rings (SSSR count). The molecule has 1 aromatic carbocycles. The number of rotatable bonds is 5. The van der Waals surface area contributed by atoms with E-state index >= 15 is 0 Å². The van der Waals surface area contributed by atoms with Crippen LogP contribution in [0.2, 0.25) is 0 Å². The van der Waals surface area contributed by atoms with Gasteiger partial charge in [-0.2, -0.15) is 0 Å². The van der Waals surface area contributed by atoms with E-state index in [1.165, 1.54) is 24.8 Å². The zero-order chi connectivity index (χ0) is 14.5. The molecule has 2 nitrogen and oxygen atoms in total. The van der Waals surface area contributed by atoms with Crippen molar-refractivity contribution < 1.29 is 4.74 Å². The van der Waals surface area contributed by atoms with Crippen LogP contribution < -0.4 is 10.1 Å². The summed E-state index contributed by atoms with van der Waals surface area (Å²) in [6.45, 7) is 7.08. The molecule has 20 heavy (non-hydrogen) atoms. The lowest BCUT2D eigenvalue weighted by atomic mass is 9.79. The summed E-state index contributed by atoms with van der Waals surface area (Å²) < 4.78 is 5.20. The van der Waals surface area contributed by atoms with Crippen LogP contribution in [0.15, 0.2) is 24.3 Å². The van der Waals surface area contributed by atoms with Gasteiger partial charge in [0.05, 0.1) is 7.11 Å². The average molecular weight is 275 g/mol. The topological polar surface area (TPSA) is 21.3 Å². The Bertz CT molecular complexity index is 400. The van der Waals surface area contributed by atoms with E-state index in [-0.39, 0.29) is 0 Å². The molecule has 0 amide bonds. The molecular weight excluding hydrogens is 246 g/mol. The van der Waals surface area contributed by atoms with E-state index in [9.17, 15) is 0 Å². The van der Waals surface area contributed by atoms with E-state index in [1.807, 2.05) is 12.1 Å². The minimum absolute atomic E-state index is 0.536. The van der Waals surface area contributed by atoms with Gasteiger partial charge in [-0.1, -0.05) is 26.0 Å². The summed E-state index contributed by atoms with van der Waals surface area (Å²) in [6, 6.07) is 9.67. The third-order valence-electron chi connectivity index (χ3n) is 4.82. The molecule has 1 aromatic rings. The van der Waals surface area contributed by atoms with Crippen LogP contribution >= 0.6 is 0 Å². The van der Waals surface area contributed by atoms with Crippen LogP contribution in [0.4, 0.5) is 0 Å². The molecule has 0 aliphatic heterocycles. The maximum Gasteiger partial charge on any atom is 0.118 e. The molecule has 1 aliphatic carbocycles. The molecule has 1 fully saturated rings. The van der Waals surface area contributed by atoms with Gasteiger partial charge in [-0.05, 0) is 62.1 Å². The molecule has 0 radical (unpaired) electrons. The van der Waals surface area contributed by atoms with Crippen LogP contribution in [0.1, 0.15) is 45.6 Å². The van der Waals surface area contributed by atoms with E-state index < -0.39 is 0 Å². The summed E-state index contributed by atoms with van der Waals surface area (Å²) in [6.07, 6.45) is 5.12. The monoisotopic (exact) mass is 275 g/mol. The molecule has 0 saturated heterocycles. The molecule has 0 heterocycles. The second-order valence-electron chi connectivity index (χ2n) is 6.58. The average Bonchev–Trinajstić information content (AvgIpc) is 2.44. The number of methoxy groups -OCH3 is 1. The summed E-state index contributed by atoms with van der Waals surface area (Å²) in [5.74, 6) is 2.68. The fourth-order valence-corrected chi connectivity index (χ4v) is 3.28. The fourth-order valence-electron chi connectivity index (χ4n) is 3.28. The van der Waals surface area contributed by atoms with E-state index in [1.54, 1.807) is 7.11 Å². The lowest BCUT2D eigenvalue weighted by Crippen LogP contribution is -2.41. The first-order valence-corrected chi connectivity index (χ1v) is 7.97. The Balaban J connectivity index is 1.81. The Labute approximate surface area is 123 Å². The van der Waals surface area contributed by atoms with Crippen molar-refractivity contribution in [3.63, 3.8) is 0 Å². The van der Waals surface area contributed by atoms with Crippen LogP contribution in [0, 0.1) is 11.8 Å². The lowest BCUT2D eigenvalue weighted by molar-refractivity contribution is 0.217. The molecule has 1 saturated carbocycles. The molecule has 0 aromatic heterocycles. The lowest BCUT2D eigenvalue weighted by Gasteiger charge is -2.34. The summed E-state index contributed by atoms with van der Waals surface area (Å²) in [5.41, 5.74) is 1.38. The number of hydrogen-bond acceptors (Lipinski definition) is 2. The van der Waals surface area contributed by atoms with Gasteiger partial charge in [0, 0.05) is 12.1 Å². The van der Waals surface area contributed by atoms with Crippen LogP contribution in [-0.4, -0.2) is 19.2 Å². The minimum atomic E-state index is 0.536. The fraction of sp³-hybridized carbons (Fsp3) is 0.667. The number of benzene rings is 1. The highest BCUT2D eigenvalue weighted by atomic mass is 16.5. The number of hydrogen-bond donors (Lipinski definition) is 1. The Hall–Kier alpha value is -1.02. The van der Waals surface area contributed by atoms with Gasteiger partial charge in [0.25, 0.3) is 0 Å². The summed E-state index contributed by atoms with van der Waals surface area (Å²) in [5, 5.41) is 3.82. The highest BCUT2D eigenvalue weighted by molar-refractivity contribution is 5.27. The van der Waals surface area contributed by atoms with E-state index in [4.69, 9.17) is 4.74 Å². The van der Waals surface area contributed by atoms with Gasteiger partial charge in [-0.25, -0.2) is 0 Å². The summed E-state index contributed by atoms with van der Waals surface area (Å²) in [4.78, 5) is 0. The molecule has 4 unspecified atom stereocenters.